The molecule has 3 aromatic rings. The number of ether oxygens (including phenoxy) is 1. The molecule has 2 N–H and O–H groups in total. The van der Waals surface area contributed by atoms with Crippen molar-refractivity contribution in [3.05, 3.63) is 45.4 Å². The van der Waals surface area contributed by atoms with Crippen molar-refractivity contribution in [3.63, 3.8) is 0 Å². The first-order valence-corrected chi connectivity index (χ1v) is 10.3. The van der Waals surface area contributed by atoms with Crippen molar-refractivity contribution in [2.75, 3.05) is 13.1 Å². The zero-order chi connectivity index (χ0) is 21.5. The van der Waals surface area contributed by atoms with Crippen LogP contribution in [0.25, 0.3) is 11.0 Å². The maximum atomic E-state index is 14.6. The largest absolute Gasteiger partial charge is 0.488 e. The summed E-state index contributed by atoms with van der Waals surface area (Å²) in [4.78, 5) is 17.8. The number of aryl methyl sites for hydroxylation is 2. The fourth-order valence-corrected chi connectivity index (χ4v) is 4.16. The first-order chi connectivity index (χ1) is 14.3. The van der Waals surface area contributed by atoms with Gasteiger partial charge in [-0.15, -0.1) is 11.3 Å². The zero-order valence-electron chi connectivity index (χ0n) is 16.4. The maximum absolute atomic E-state index is 14.6. The third-order valence-corrected chi connectivity index (χ3v) is 6.03. The summed E-state index contributed by atoms with van der Waals surface area (Å²) in [5.41, 5.74) is 2.42. The number of halogens is 3. The SMILES string of the molecule is Cc1ncsc1COc1cc(F)c2oc(C)c(C(=O)NC3CCNCC3(F)F)c2c1. The maximum Gasteiger partial charge on any atom is 0.280 e. The highest BCUT2D eigenvalue weighted by Crippen LogP contribution is 2.33. The van der Waals surface area contributed by atoms with Crippen LogP contribution in [0.15, 0.2) is 22.1 Å². The number of hydrogen-bond donors (Lipinski definition) is 2. The summed E-state index contributed by atoms with van der Waals surface area (Å²) in [7, 11) is 0. The van der Waals surface area contributed by atoms with E-state index in [4.69, 9.17) is 9.15 Å². The van der Waals surface area contributed by atoms with Crippen LogP contribution in [-0.2, 0) is 6.61 Å². The summed E-state index contributed by atoms with van der Waals surface area (Å²) in [5.74, 6) is -4.15. The third kappa shape index (κ3) is 3.89. The molecule has 0 saturated carbocycles. The summed E-state index contributed by atoms with van der Waals surface area (Å²) < 4.78 is 53.9. The molecule has 0 radical (unpaired) electrons. The molecule has 1 unspecified atom stereocenters. The lowest BCUT2D eigenvalue weighted by molar-refractivity contribution is -0.0487. The van der Waals surface area contributed by atoms with Gasteiger partial charge in [-0.2, -0.15) is 0 Å². The molecule has 0 bridgehead atoms. The number of carbonyl (C=O) groups excluding carboxylic acids is 1. The lowest BCUT2D eigenvalue weighted by Gasteiger charge is -2.32. The molecule has 1 aliphatic heterocycles. The minimum Gasteiger partial charge on any atom is -0.488 e. The van der Waals surface area contributed by atoms with E-state index in [2.05, 4.69) is 15.6 Å². The number of nitrogens with one attached hydrogen (secondary N) is 2. The summed E-state index contributed by atoms with van der Waals surface area (Å²) in [5, 5.41) is 5.17. The van der Waals surface area contributed by atoms with E-state index in [0.717, 1.165) is 10.6 Å². The van der Waals surface area contributed by atoms with Crippen molar-refractivity contribution in [1.29, 1.82) is 0 Å². The number of amides is 1. The average Bonchev–Trinajstić information content (AvgIpc) is 3.24. The second-order valence-corrected chi connectivity index (χ2v) is 8.16. The highest BCUT2D eigenvalue weighted by molar-refractivity contribution is 7.09. The number of fused-ring (bicyclic) bond motifs is 1. The molecule has 10 heteroatoms. The smallest absolute Gasteiger partial charge is 0.280 e. The van der Waals surface area contributed by atoms with Crippen LogP contribution in [0.5, 0.6) is 5.75 Å². The Morgan fingerprint density at radius 1 is 1.43 bits per heavy atom. The molecule has 4 rings (SSSR count). The molecule has 160 valence electrons. The van der Waals surface area contributed by atoms with Crippen LogP contribution >= 0.6 is 11.3 Å². The van der Waals surface area contributed by atoms with Gasteiger partial charge in [-0.05, 0) is 32.9 Å². The average molecular weight is 439 g/mol. The Bertz CT molecular complexity index is 1100. The summed E-state index contributed by atoms with van der Waals surface area (Å²) in [6.45, 7) is 3.40. The zero-order valence-corrected chi connectivity index (χ0v) is 17.2. The Morgan fingerprint density at radius 2 is 2.23 bits per heavy atom. The number of hydrogen-bond acceptors (Lipinski definition) is 6. The second kappa shape index (κ2) is 7.92. The molecule has 3 heterocycles. The number of benzene rings is 1. The monoisotopic (exact) mass is 439 g/mol. The number of alkyl halides is 2. The van der Waals surface area contributed by atoms with Crippen LogP contribution in [0.1, 0.15) is 33.1 Å². The van der Waals surface area contributed by atoms with E-state index in [1.165, 1.54) is 30.4 Å². The Hall–Kier alpha value is -2.59. The van der Waals surface area contributed by atoms with Crippen molar-refractivity contribution in [1.82, 2.24) is 15.6 Å². The van der Waals surface area contributed by atoms with Gasteiger partial charge in [0.15, 0.2) is 11.4 Å². The lowest BCUT2D eigenvalue weighted by atomic mass is 10.0. The third-order valence-electron chi connectivity index (χ3n) is 5.12. The van der Waals surface area contributed by atoms with Crippen molar-refractivity contribution in [3.8, 4) is 5.75 Å². The summed E-state index contributed by atoms with van der Waals surface area (Å²) >= 11 is 1.42. The summed E-state index contributed by atoms with van der Waals surface area (Å²) in [6, 6.07) is 1.35. The number of furan rings is 1. The Morgan fingerprint density at radius 3 is 2.93 bits per heavy atom. The van der Waals surface area contributed by atoms with Crippen LogP contribution in [0.3, 0.4) is 0 Å². The van der Waals surface area contributed by atoms with Gasteiger partial charge >= 0.3 is 0 Å². The first-order valence-electron chi connectivity index (χ1n) is 9.40. The standard InChI is InChI=1S/C20H20F3N3O3S/c1-10-15(30-9-25-10)7-28-12-5-13-17(11(2)29-18(13)14(21)6-12)19(27)26-16-3-4-24-8-20(16,22)23/h5-6,9,16,24H,3-4,7-8H2,1-2H3,(H,26,27). The van der Waals surface area contributed by atoms with Gasteiger partial charge in [-0.1, -0.05) is 0 Å². The number of nitrogens with zero attached hydrogens (tertiary/aromatic N) is 1. The van der Waals surface area contributed by atoms with Crippen molar-refractivity contribution < 1.29 is 27.1 Å². The predicted octanol–water partition coefficient (Wildman–Crippen LogP) is 3.95. The quantitative estimate of drug-likeness (QED) is 0.630. The molecule has 0 spiro atoms. The molecular weight excluding hydrogens is 419 g/mol. The van der Waals surface area contributed by atoms with Gasteiger partial charge in [0.05, 0.1) is 34.2 Å². The number of thiazole rings is 1. The van der Waals surface area contributed by atoms with Crippen LogP contribution in [-0.4, -0.2) is 35.9 Å². The molecule has 1 fully saturated rings. The van der Waals surface area contributed by atoms with Gasteiger partial charge in [0.1, 0.15) is 18.1 Å². The van der Waals surface area contributed by atoms with Crippen molar-refractivity contribution in [2.24, 2.45) is 0 Å². The molecule has 1 atom stereocenters. The Labute approximate surface area is 174 Å². The first kappa shape index (κ1) is 20.7. The number of aromatic nitrogens is 1. The van der Waals surface area contributed by atoms with E-state index in [9.17, 15) is 18.0 Å². The van der Waals surface area contributed by atoms with E-state index in [1.807, 2.05) is 6.92 Å². The molecule has 1 saturated heterocycles. The van der Waals surface area contributed by atoms with Gasteiger partial charge in [0.25, 0.3) is 11.8 Å². The molecular formula is C20H20F3N3O3S. The van der Waals surface area contributed by atoms with E-state index >= 15 is 0 Å². The van der Waals surface area contributed by atoms with E-state index in [1.54, 1.807) is 5.51 Å². The number of rotatable bonds is 5. The van der Waals surface area contributed by atoms with Gasteiger partial charge in [0.2, 0.25) is 0 Å². The molecule has 0 aliphatic carbocycles. The van der Waals surface area contributed by atoms with Gasteiger partial charge in [-0.25, -0.2) is 18.2 Å². The molecule has 2 aromatic heterocycles. The molecule has 30 heavy (non-hydrogen) atoms. The molecule has 1 aromatic carbocycles. The van der Waals surface area contributed by atoms with Gasteiger partial charge in [0, 0.05) is 11.5 Å². The number of carbonyl (C=O) groups is 1. The lowest BCUT2D eigenvalue weighted by Crippen LogP contribution is -2.57. The van der Waals surface area contributed by atoms with Crippen molar-refractivity contribution >= 4 is 28.2 Å². The fraction of sp³-hybridized carbons (Fsp3) is 0.400. The topological polar surface area (TPSA) is 76.4 Å². The predicted molar refractivity (Wildman–Crippen MR) is 106 cm³/mol. The van der Waals surface area contributed by atoms with E-state index < -0.39 is 30.2 Å². The van der Waals surface area contributed by atoms with Crippen LogP contribution in [0, 0.1) is 19.7 Å². The van der Waals surface area contributed by atoms with Crippen LogP contribution < -0.4 is 15.4 Å². The minimum absolute atomic E-state index is 0.0256. The molecule has 1 amide bonds. The number of piperidine rings is 1. The highest BCUT2D eigenvalue weighted by Gasteiger charge is 2.43. The van der Waals surface area contributed by atoms with Gasteiger partial charge < -0.3 is 19.8 Å². The molecule has 6 nitrogen and oxygen atoms in total. The summed E-state index contributed by atoms with van der Waals surface area (Å²) in [6.07, 6.45) is 0.0878. The fourth-order valence-electron chi connectivity index (χ4n) is 3.47. The van der Waals surface area contributed by atoms with E-state index in [0.29, 0.717) is 6.54 Å². The molecule has 1 aliphatic rings. The highest BCUT2D eigenvalue weighted by atomic mass is 32.1. The minimum atomic E-state index is -3.08. The second-order valence-electron chi connectivity index (χ2n) is 7.22. The normalized spacial score (nSPS) is 18.5. The van der Waals surface area contributed by atoms with Crippen LogP contribution in [0.4, 0.5) is 13.2 Å². The Balaban J connectivity index is 1.62. The van der Waals surface area contributed by atoms with E-state index in [-0.39, 0.29) is 41.1 Å². The van der Waals surface area contributed by atoms with Crippen LogP contribution in [0.2, 0.25) is 0 Å². The Kier molecular flexibility index (Phi) is 5.46. The van der Waals surface area contributed by atoms with Crippen molar-refractivity contribution in [2.45, 2.75) is 38.8 Å². The van der Waals surface area contributed by atoms with Gasteiger partial charge in [-0.3, -0.25) is 4.79 Å².